The number of allylic oxidation sites excluding steroid dienone is 1. The number of nitrogens with one attached hydrogen (secondary N) is 1. The molecule has 0 aliphatic rings. The minimum absolute atomic E-state index is 0.0468. The van der Waals surface area contributed by atoms with Crippen LogP contribution in [0.4, 0.5) is 5.69 Å². The fourth-order valence-electron chi connectivity index (χ4n) is 2.91. The lowest BCUT2D eigenvalue weighted by Crippen LogP contribution is -2.18. The van der Waals surface area contributed by atoms with Crippen LogP contribution in [0.25, 0.3) is 16.6 Å². The van der Waals surface area contributed by atoms with E-state index in [2.05, 4.69) is 9.97 Å². The van der Waals surface area contributed by atoms with Crippen molar-refractivity contribution in [1.82, 2.24) is 15.0 Å². The number of aromatic amines is 1. The van der Waals surface area contributed by atoms with Crippen LogP contribution in [0.1, 0.15) is 28.4 Å². The molecule has 2 aromatic heterocycles. The van der Waals surface area contributed by atoms with Gasteiger partial charge in [-0.15, -0.1) is 0 Å². The van der Waals surface area contributed by atoms with E-state index in [0.717, 1.165) is 27.9 Å². The van der Waals surface area contributed by atoms with Gasteiger partial charge in [-0.1, -0.05) is 0 Å². The minimum Gasteiger partial charge on any atom is -0.378 e. The number of benzene rings is 1. The summed E-state index contributed by atoms with van der Waals surface area (Å²) in [4.78, 5) is 22.4. The van der Waals surface area contributed by atoms with E-state index in [0.29, 0.717) is 11.1 Å². The SMILES string of the molecule is C/C(=C\N(C)N)c1c[nH]c2ncc(C(=O)c3ccc(N(C)C)cc3)cc12. The number of rotatable bonds is 5. The van der Waals surface area contributed by atoms with Gasteiger partial charge in [0.1, 0.15) is 5.65 Å². The molecule has 3 aromatic rings. The summed E-state index contributed by atoms with van der Waals surface area (Å²) in [6.45, 7) is 1.97. The molecule has 1 aromatic carbocycles. The number of pyridine rings is 1. The highest BCUT2D eigenvalue weighted by Crippen LogP contribution is 2.25. The second-order valence-corrected chi connectivity index (χ2v) is 6.57. The first-order valence-electron chi connectivity index (χ1n) is 8.32. The van der Waals surface area contributed by atoms with E-state index in [1.807, 2.05) is 68.6 Å². The third-order valence-electron chi connectivity index (χ3n) is 4.26. The van der Waals surface area contributed by atoms with Crippen molar-refractivity contribution in [3.8, 4) is 0 Å². The number of hydrogen-bond acceptors (Lipinski definition) is 5. The van der Waals surface area contributed by atoms with Crippen molar-refractivity contribution in [3.63, 3.8) is 0 Å². The van der Waals surface area contributed by atoms with Crippen molar-refractivity contribution in [2.45, 2.75) is 6.92 Å². The highest BCUT2D eigenvalue weighted by atomic mass is 16.1. The van der Waals surface area contributed by atoms with Crippen LogP contribution in [0.3, 0.4) is 0 Å². The highest BCUT2D eigenvalue weighted by Gasteiger charge is 2.14. The largest absolute Gasteiger partial charge is 0.378 e. The summed E-state index contributed by atoms with van der Waals surface area (Å²) in [6.07, 6.45) is 5.32. The summed E-state index contributed by atoms with van der Waals surface area (Å²) in [5.74, 6) is 5.66. The van der Waals surface area contributed by atoms with Gasteiger partial charge >= 0.3 is 0 Å². The Morgan fingerprint density at radius 2 is 1.85 bits per heavy atom. The second kappa shape index (κ2) is 7.01. The van der Waals surface area contributed by atoms with E-state index < -0.39 is 0 Å². The van der Waals surface area contributed by atoms with E-state index >= 15 is 0 Å². The van der Waals surface area contributed by atoms with Crippen molar-refractivity contribution in [1.29, 1.82) is 0 Å². The Hall–Kier alpha value is -3.12. The summed E-state index contributed by atoms with van der Waals surface area (Å²) in [6, 6.07) is 9.43. The van der Waals surface area contributed by atoms with Gasteiger partial charge in [-0.25, -0.2) is 10.8 Å². The zero-order valence-electron chi connectivity index (χ0n) is 15.4. The number of aromatic nitrogens is 2. The molecular formula is C20H23N5O. The van der Waals surface area contributed by atoms with E-state index in [-0.39, 0.29) is 5.78 Å². The van der Waals surface area contributed by atoms with Crippen molar-refractivity contribution < 1.29 is 4.79 Å². The summed E-state index contributed by atoms with van der Waals surface area (Å²) < 4.78 is 0. The van der Waals surface area contributed by atoms with E-state index in [1.54, 1.807) is 13.2 Å². The van der Waals surface area contributed by atoms with Crippen LogP contribution in [-0.2, 0) is 0 Å². The molecule has 3 rings (SSSR count). The fourth-order valence-corrected chi connectivity index (χ4v) is 2.91. The zero-order chi connectivity index (χ0) is 18.8. The molecule has 0 fully saturated rings. The molecule has 0 saturated carbocycles. The van der Waals surface area contributed by atoms with Gasteiger partial charge in [0.25, 0.3) is 0 Å². The molecule has 0 atom stereocenters. The number of ketones is 1. The van der Waals surface area contributed by atoms with Gasteiger partial charge in [0.15, 0.2) is 5.78 Å². The first kappa shape index (κ1) is 17.7. The predicted octanol–water partition coefficient (Wildman–Crippen LogP) is 3.03. The maximum absolute atomic E-state index is 12.8. The Labute approximate surface area is 152 Å². The number of nitrogens with two attached hydrogens (primary N) is 1. The Morgan fingerprint density at radius 3 is 2.46 bits per heavy atom. The first-order valence-corrected chi connectivity index (χ1v) is 8.32. The Balaban J connectivity index is 1.99. The van der Waals surface area contributed by atoms with Crippen LogP contribution in [0.2, 0.25) is 0 Å². The molecule has 0 spiro atoms. The monoisotopic (exact) mass is 349 g/mol. The third kappa shape index (κ3) is 3.45. The standard InChI is InChI=1S/C20H23N5O/c1-13(12-25(4)21)18-11-23-20-17(18)9-15(10-22-20)19(26)14-5-7-16(8-6-14)24(2)3/h5-12H,21H2,1-4H3,(H,22,23)/b13-12+. The van der Waals surface area contributed by atoms with Gasteiger partial charge in [-0.05, 0) is 42.8 Å². The average molecular weight is 349 g/mol. The molecule has 0 radical (unpaired) electrons. The van der Waals surface area contributed by atoms with Crippen molar-refractivity contribution in [2.75, 3.05) is 26.0 Å². The lowest BCUT2D eigenvalue weighted by atomic mass is 10.0. The number of hydrogen-bond donors (Lipinski definition) is 2. The molecule has 0 saturated heterocycles. The highest BCUT2D eigenvalue weighted by molar-refractivity contribution is 6.10. The lowest BCUT2D eigenvalue weighted by molar-refractivity contribution is 0.103. The van der Waals surface area contributed by atoms with Crippen LogP contribution < -0.4 is 10.7 Å². The number of carbonyl (C=O) groups is 1. The summed E-state index contributed by atoms with van der Waals surface area (Å²) in [7, 11) is 5.70. The second-order valence-electron chi connectivity index (χ2n) is 6.57. The normalized spacial score (nSPS) is 11.7. The summed E-state index contributed by atoms with van der Waals surface area (Å²) >= 11 is 0. The van der Waals surface area contributed by atoms with E-state index in [1.165, 1.54) is 5.01 Å². The summed E-state index contributed by atoms with van der Waals surface area (Å²) in [5, 5.41) is 2.40. The third-order valence-corrected chi connectivity index (χ3v) is 4.26. The van der Waals surface area contributed by atoms with Gasteiger partial charge in [0.05, 0.1) is 0 Å². The molecule has 0 unspecified atom stereocenters. The maximum Gasteiger partial charge on any atom is 0.194 e. The molecule has 0 aliphatic carbocycles. The molecule has 26 heavy (non-hydrogen) atoms. The average Bonchev–Trinajstić information content (AvgIpc) is 3.03. The quantitative estimate of drug-likeness (QED) is 0.420. The first-order chi connectivity index (χ1) is 12.4. The van der Waals surface area contributed by atoms with Crippen LogP contribution in [0.5, 0.6) is 0 Å². The van der Waals surface area contributed by atoms with E-state index in [4.69, 9.17) is 5.84 Å². The topological polar surface area (TPSA) is 78.2 Å². The fraction of sp³-hybridized carbons (Fsp3) is 0.200. The predicted molar refractivity (Wildman–Crippen MR) is 106 cm³/mol. The molecule has 6 nitrogen and oxygen atoms in total. The number of carbonyl (C=O) groups excluding carboxylic acids is 1. The molecular weight excluding hydrogens is 326 g/mol. The van der Waals surface area contributed by atoms with Gasteiger partial charge in [-0.2, -0.15) is 0 Å². The molecule has 0 amide bonds. The number of H-pyrrole nitrogens is 1. The zero-order valence-corrected chi connectivity index (χ0v) is 15.4. The van der Waals surface area contributed by atoms with Crippen molar-refractivity contribution >= 4 is 28.1 Å². The van der Waals surface area contributed by atoms with Gasteiger partial charge in [0.2, 0.25) is 0 Å². The smallest absolute Gasteiger partial charge is 0.194 e. The molecule has 6 heteroatoms. The van der Waals surface area contributed by atoms with Gasteiger partial charge < -0.3 is 14.9 Å². The number of nitrogens with zero attached hydrogens (tertiary/aromatic N) is 3. The summed E-state index contributed by atoms with van der Waals surface area (Å²) in [5.41, 5.74) is 4.96. The molecule has 134 valence electrons. The minimum atomic E-state index is -0.0468. The van der Waals surface area contributed by atoms with Crippen LogP contribution in [0.15, 0.2) is 48.9 Å². The molecule has 0 aliphatic heterocycles. The van der Waals surface area contributed by atoms with Crippen LogP contribution >= 0.6 is 0 Å². The van der Waals surface area contributed by atoms with Gasteiger partial charge in [0, 0.05) is 67.5 Å². The maximum atomic E-state index is 12.8. The van der Waals surface area contributed by atoms with E-state index in [9.17, 15) is 4.79 Å². The van der Waals surface area contributed by atoms with Gasteiger partial charge in [-0.3, -0.25) is 4.79 Å². The van der Waals surface area contributed by atoms with Crippen molar-refractivity contribution in [2.24, 2.45) is 5.84 Å². The number of anilines is 1. The Kier molecular flexibility index (Phi) is 4.77. The van der Waals surface area contributed by atoms with Crippen LogP contribution in [-0.4, -0.2) is 41.9 Å². The number of fused-ring (bicyclic) bond motifs is 1. The molecule has 0 bridgehead atoms. The van der Waals surface area contributed by atoms with Crippen molar-refractivity contribution in [3.05, 3.63) is 65.6 Å². The Morgan fingerprint density at radius 1 is 1.15 bits per heavy atom. The lowest BCUT2D eigenvalue weighted by Gasteiger charge is -2.12. The Bertz CT molecular complexity index is 968. The molecule has 3 N–H and O–H groups in total. The van der Waals surface area contributed by atoms with Crippen LogP contribution in [0, 0.1) is 0 Å². The molecule has 2 heterocycles. The number of hydrazine groups is 1.